The summed E-state index contributed by atoms with van der Waals surface area (Å²) >= 11 is 0. The average Bonchev–Trinajstić information content (AvgIpc) is 2.81. The molecule has 0 bridgehead atoms. The van der Waals surface area contributed by atoms with Gasteiger partial charge in [0.25, 0.3) is 0 Å². The van der Waals surface area contributed by atoms with Gasteiger partial charge in [0.05, 0.1) is 5.69 Å². The highest BCUT2D eigenvalue weighted by Crippen LogP contribution is 2.25. The van der Waals surface area contributed by atoms with Crippen LogP contribution in [-0.4, -0.2) is 31.8 Å². The van der Waals surface area contributed by atoms with Crippen molar-refractivity contribution < 1.29 is 0 Å². The molecule has 6 heteroatoms. The van der Waals surface area contributed by atoms with Crippen molar-refractivity contribution in [3.05, 3.63) is 31.0 Å². The van der Waals surface area contributed by atoms with E-state index in [1.54, 1.807) is 17.2 Å². The fraction of sp³-hybridized carbons (Fsp3) is 0.364. The largest absolute Gasteiger partial charge is 0.379 e. The van der Waals surface area contributed by atoms with Crippen molar-refractivity contribution in [2.24, 2.45) is 5.73 Å². The molecular weight excluding hydrogens is 216 g/mol. The Balaban J connectivity index is 1.84. The standard InChI is InChI=1S/C11H14N6/c12-8-4-9(5-8)16-10-2-1-3-14-11(10)17-7-13-6-15-17/h1-3,6-9,16H,4-5,12H2. The van der Waals surface area contributed by atoms with E-state index < -0.39 is 0 Å². The lowest BCUT2D eigenvalue weighted by Crippen LogP contribution is -2.44. The van der Waals surface area contributed by atoms with Crippen LogP contribution in [0, 0.1) is 0 Å². The minimum atomic E-state index is 0.332. The van der Waals surface area contributed by atoms with Gasteiger partial charge in [0.1, 0.15) is 12.7 Å². The van der Waals surface area contributed by atoms with E-state index in [0.29, 0.717) is 12.1 Å². The van der Waals surface area contributed by atoms with Crippen LogP contribution in [0.2, 0.25) is 0 Å². The highest BCUT2D eigenvalue weighted by atomic mass is 15.3. The molecule has 0 spiro atoms. The second-order valence-electron chi connectivity index (χ2n) is 4.29. The van der Waals surface area contributed by atoms with Gasteiger partial charge >= 0.3 is 0 Å². The summed E-state index contributed by atoms with van der Waals surface area (Å²) in [6.45, 7) is 0. The Kier molecular flexibility index (Phi) is 2.49. The van der Waals surface area contributed by atoms with Crippen molar-refractivity contribution in [2.75, 3.05) is 5.32 Å². The highest BCUT2D eigenvalue weighted by molar-refractivity contribution is 5.57. The summed E-state index contributed by atoms with van der Waals surface area (Å²) in [4.78, 5) is 8.25. The van der Waals surface area contributed by atoms with Gasteiger partial charge in [-0.3, -0.25) is 0 Å². The van der Waals surface area contributed by atoms with Crippen LogP contribution in [0.3, 0.4) is 0 Å². The molecule has 6 nitrogen and oxygen atoms in total. The van der Waals surface area contributed by atoms with Crippen LogP contribution >= 0.6 is 0 Å². The molecule has 2 heterocycles. The first-order valence-electron chi connectivity index (χ1n) is 5.65. The van der Waals surface area contributed by atoms with E-state index in [0.717, 1.165) is 24.3 Å². The smallest absolute Gasteiger partial charge is 0.178 e. The lowest BCUT2D eigenvalue weighted by molar-refractivity contribution is 0.373. The summed E-state index contributed by atoms with van der Waals surface area (Å²) in [6.07, 6.45) is 6.89. The first-order chi connectivity index (χ1) is 8.33. The Bertz CT molecular complexity index is 488. The quantitative estimate of drug-likeness (QED) is 0.805. The number of hydrogen-bond donors (Lipinski definition) is 2. The number of pyridine rings is 1. The number of hydrogen-bond acceptors (Lipinski definition) is 5. The van der Waals surface area contributed by atoms with E-state index in [1.165, 1.54) is 6.33 Å². The molecule has 0 amide bonds. The highest BCUT2D eigenvalue weighted by Gasteiger charge is 2.26. The van der Waals surface area contributed by atoms with E-state index in [2.05, 4.69) is 20.4 Å². The minimum Gasteiger partial charge on any atom is -0.379 e. The van der Waals surface area contributed by atoms with Crippen LogP contribution in [0.5, 0.6) is 0 Å². The van der Waals surface area contributed by atoms with E-state index in [1.807, 2.05) is 12.1 Å². The monoisotopic (exact) mass is 230 g/mol. The zero-order valence-corrected chi connectivity index (χ0v) is 9.32. The molecule has 3 N–H and O–H groups in total. The first-order valence-corrected chi connectivity index (χ1v) is 5.65. The summed E-state index contributed by atoms with van der Waals surface area (Å²) in [6, 6.07) is 4.67. The molecule has 0 aliphatic heterocycles. The van der Waals surface area contributed by atoms with Gasteiger partial charge in [-0.1, -0.05) is 0 Å². The number of nitrogens with one attached hydrogen (secondary N) is 1. The first kappa shape index (κ1) is 10.2. The van der Waals surface area contributed by atoms with E-state index in [-0.39, 0.29) is 0 Å². The molecule has 17 heavy (non-hydrogen) atoms. The molecule has 1 aliphatic carbocycles. The van der Waals surface area contributed by atoms with Crippen LogP contribution in [0.15, 0.2) is 31.0 Å². The number of rotatable bonds is 3. The van der Waals surface area contributed by atoms with E-state index in [4.69, 9.17) is 5.73 Å². The second-order valence-corrected chi connectivity index (χ2v) is 4.29. The van der Waals surface area contributed by atoms with E-state index >= 15 is 0 Å². The van der Waals surface area contributed by atoms with Gasteiger partial charge in [0.15, 0.2) is 5.82 Å². The zero-order chi connectivity index (χ0) is 11.7. The Hall–Kier alpha value is -1.95. The molecule has 1 saturated carbocycles. The molecule has 0 unspecified atom stereocenters. The zero-order valence-electron chi connectivity index (χ0n) is 9.32. The van der Waals surface area contributed by atoms with Crippen molar-refractivity contribution in [1.29, 1.82) is 0 Å². The fourth-order valence-electron chi connectivity index (χ4n) is 2.01. The SMILES string of the molecule is NC1CC(Nc2cccnc2-n2cncn2)C1. The summed E-state index contributed by atoms with van der Waals surface area (Å²) in [7, 11) is 0. The molecule has 2 aromatic heterocycles. The molecule has 2 aromatic rings. The molecule has 0 atom stereocenters. The van der Waals surface area contributed by atoms with E-state index in [9.17, 15) is 0 Å². The van der Waals surface area contributed by atoms with Crippen molar-refractivity contribution in [1.82, 2.24) is 19.7 Å². The van der Waals surface area contributed by atoms with Crippen LogP contribution in [-0.2, 0) is 0 Å². The topological polar surface area (TPSA) is 81.6 Å². The Labute approximate surface area is 98.9 Å². The minimum absolute atomic E-state index is 0.332. The van der Waals surface area contributed by atoms with Gasteiger partial charge in [-0.2, -0.15) is 5.10 Å². The lowest BCUT2D eigenvalue weighted by atomic mass is 9.87. The second kappa shape index (κ2) is 4.14. The fourth-order valence-corrected chi connectivity index (χ4v) is 2.01. The maximum Gasteiger partial charge on any atom is 0.178 e. The van der Waals surface area contributed by atoms with Crippen molar-refractivity contribution in [3.63, 3.8) is 0 Å². The normalized spacial score (nSPS) is 23.1. The van der Waals surface area contributed by atoms with Crippen LogP contribution < -0.4 is 11.1 Å². The maximum atomic E-state index is 5.77. The molecule has 1 fully saturated rings. The summed E-state index contributed by atoms with van der Waals surface area (Å²) in [5.41, 5.74) is 6.74. The molecule has 0 radical (unpaired) electrons. The average molecular weight is 230 g/mol. The third kappa shape index (κ3) is 1.99. The number of aromatic nitrogens is 4. The third-order valence-corrected chi connectivity index (χ3v) is 2.96. The summed E-state index contributed by atoms with van der Waals surface area (Å²) < 4.78 is 1.65. The van der Waals surface area contributed by atoms with Crippen LogP contribution in [0.4, 0.5) is 5.69 Å². The van der Waals surface area contributed by atoms with Crippen molar-refractivity contribution in [3.8, 4) is 5.82 Å². The molecule has 3 rings (SSSR count). The lowest BCUT2D eigenvalue weighted by Gasteiger charge is -2.34. The van der Waals surface area contributed by atoms with Crippen LogP contribution in [0.1, 0.15) is 12.8 Å². The maximum absolute atomic E-state index is 5.77. The van der Waals surface area contributed by atoms with Crippen molar-refractivity contribution in [2.45, 2.75) is 24.9 Å². The number of nitrogens with two attached hydrogens (primary N) is 1. The molecule has 0 saturated heterocycles. The molecule has 0 aromatic carbocycles. The van der Waals surface area contributed by atoms with Crippen molar-refractivity contribution >= 4 is 5.69 Å². The van der Waals surface area contributed by atoms with Gasteiger partial charge in [0, 0.05) is 18.3 Å². The Morgan fingerprint density at radius 1 is 1.41 bits per heavy atom. The third-order valence-electron chi connectivity index (χ3n) is 2.96. The van der Waals surface area contributed by atoms with Gasteiger partial charge in [0.2, 0.25) is 0 Å². The number of anilines is 1. The Morgan fingerprint density at radius 2 is 2.29 bits per heavy atom. The van der Waals surface area contributed by atoms with Gasteiger partial charge in [-0.25, -0.2) is 14.6 Å². The number of nitrogens with zero attached hydrogens (tertiary/aromatic N) is 4. The summed E-state index contributed by atoms with van der Waals surface area (Å²) in [5.74, 6) is 0.769. The van der Waals surface area contributed by atoms with Gasteiger partial charge in [-0.15, -0.1) is 0 Å². The predicted molar refractivity (Wildman–Crippen MR) is 63.8 cm³/mol. The van der Waals surface area contributed by atoms with Gasteiger partial charge < -0.3 is 11.1 Å². The Morgan fingerprint density at radius 3 is 3.00 bits per heavy atom. The summed E-state index contributed by atoms with van der Waals surface area (Å²) in [5, 5.41) is 7.53. The molecule has 88 valence electrons. The molecule has 1 aliphatic rings. The van der Waals surface area contributed by atoms with Gasteiger partial charge in [-0.05, 0) is 25.0 Å². The van der Waals surface area contributed by atoms with Crippen LogP contribution in [0.25, 0.3) is 5.82 Å². The predicted octanol–water partition coefficient (Wildman–Crippen LogP) is 0.564. The molecular formula is C11H14N6.